The maximum atomic E-state index is 12.6. The van der Waals surface area contributed by atoms with E-state index in [1.165, 1.54) is 6.20 Å². The van der Waals surface area contributed by atoms with Crippen molar-refractivity contribution in [1.29, 1.82) is 0 Å². The summed E-state index contributed by atoms with van der Waals surface area (Å²) in [5.74, 6) is 0.538. The number of carbonyl (C=O) groups is 1. The number of rotatable bonds is 5. The average Bonchev–Trinajstić information content (AvgIpc) is 2.68. The van der Waals surface area contributed by atoms with Gasteiger partial charge in [-0.15, -0.1) is 0 Å². The Kier molecular flexibility index (Phi) is 5.80. The lowest BCUT2D eigenvalue weighted by atomic mass is 10.1. The molecule has 1 aromatic heterocycles. The molecule has 6 nitrogen and oxygen atoms in total. The first-order chi connectivity index (χ1) is 13.4. The first-order valence-corrected chi connectivity index (χ1v) is 9.08. The van der Waals surface area contributed by atoms with Crippen LogP contribution in [0.25, 0.3) is 0 Å². The summed E-state index contributed by atoms with van der Waals surface area (Å²) >= 11 is 6.14. The van der Waals surface area contributed by atoms with Crippen LogP contribution < -0.4 is 15.4 Å². The summed E-state index contributed by atoms with van der Waals surface area (Å²) in [7, 11) is 1.56. The number of amides is 1. The molecule has 3 aromatic rings. The van der Waals surface area contributed by atoms with E-state index < -0.39 is 0 Å². The van der Waals surface area contributed by atoms with Crippen molar-refractivity contribution in [3.05, 3.63) is 70.0 Å². The van der Waals surface area contributed by atoms with Crippen molar-refractivity contribution in [2.75, 3.05) is 17.7 Å². The second kappa shape index (κ2) is 8.27. The van der Waals surface area contributed by atoms with Gasteiger partial charge in [0.25, 0.3) is 5.91 Å². The van der Waals surface area contributed by atoms with E-state index in [2.05, 4.69) is 20.6 Å². The van der Waals surface area contributed by atoms with Crippen LogP contribution in [-0.2, 0) is 0 Å². The zero-order valence-electron chi connectivity index (χ0n) is 16.1. The van der Waals surface area contributed by atoms with Gasteiger partial charge in [-0.2, -0.15) is 0 Å². The molecule has 0 radical (unpaired) electrons. The molecule has 0 fully saturated rings. The number of benzene rings is 2. The van der Waals surface area contributed by atoms with E-state index in [1.54, 1.807) is 19.2 Å². The highest BCUT2D eigenvalue weighted by molar-refractivity contribution is 6.31. The molecule has 2 aromatic carbocycles. The summed E-state index contributed by atoms with van der Waals surface area (Å²) in [6, 6.07) is 10.9. The predicted octanol–water partition coefficient (Wildman–Crippen LogP) is 5.06. The van der Waals surface area contributed by atoms with E-state index in [1.807, 2.05) is 45.0 Å². The number of aryl methyl sites for hydroxylation is 2. The van der Waals surface area contributed by atoms with Gasteiger partial charge >= 0.3 is 0 Å². The number of nitrogens with one attached hydrogen (secondary N) is 2. The van der Waals surface area contributed by atoms with Crippen molar-refractivity contribution in [1.82, 2.24) is 9.97 Å². The minimum atomic E-state index is -0.307. The summed E-state index contributed by atoms with van der Waals surface area (Å²) in [5.41, 5.74) is 4.68. The van der Waals surface area contributed by atoms with Gasteiger partial charge in [-0.25, -0.2) is 9.97 Å². The summed E-state index contributed by atoms with van der Waals surface area (Å²) in [6.45, 7) is 5.86. The number of hydrogen-bond donors (Lipinski definition) is 2. The number of halogens is 1. The second-order valence-corrected chi connectivity index (χ2v) is 6.80. The lowest BCUT2D eigenvalue weighted by molar-refractivity contribution is 0.102. The van der Waals surface area contributed by atoms with Gasteiger partial charge in [0.2, 0.25) is 5.95 Å². The molecule has 0 unspecified atom stereocenters. The Hall–Kier alpha value is -3.12. The van der Waals surface area contributed by atoms with Crippen molar-refractivity contribution in [2.24, 2.45) is 0 Å². The quantitative estimate of drug-likeness (QED) is 0.630. The standard InChI is InChI=1S/C21H21ClN4O2/c1-12-6-5-7-16(14(12)3)24-20(27)17-8-9-23-21(25-17)26-18-10-13(2)15(22)11-19(18)28-4/h5-11H,1-4H3,(H,24,27)(H,23,25,26). The molecule has 0 saturated heterocycles. The highest BCUT2D eigenvalue weighted by Gasteiger charge is 2.13. The lowest BCUT2D eigenvalue weighted by Gasteiger charge is -2.13. The third kappa shape index (κ3) is 4.23. The fourth-order valence-corrected chi connectivity index (χ4v) is 2.82. The number of methoxy groups -OCH3 is 1. The zero-order chi connectivity index (χ0) is 20.3. The maximum Gasteiger partial charge on any atom is 0.274 e. The fraction of sp³-hybridized carbons (Fsp3) is 0.190. The van der Waals surface area contributed by atoms with Gasteiger partial charge in [0.1, 0.15) is 11.4 Å². The van der Waals surface area contributed by atoms with E-state index in [9.17, 15) is 4.79 Å². The Bertz CT molecular complexity index is 1040. The SMILES string of the molecule is COc1cc(Cl)c(C)cc1Nc1nccc(C(=O)Nc2cccc(C)c2C)n1. The van der Waals surface area contributed by atoms with Gasteiger partial charge < -0.3 is 15.4 Å². The minimum Gasteiger partial charge on any atom is -0.495 e. The third-order valence-electron chi connectivity index (χ3n) is 4.47. The van der Waals surface area contributed by atoms with Gasteiger partial charge in [0.05, 0.1) is 12.8 Å². The summed E-state index contributed by atoms with van der Waals surface area (Å²) < 4.78 is 5.35. The van der Waals surface area contributed by atoms with Gasteiger partial charge in [-0.3, -0.25) is 4.79 Å². The number of anilines is 3. The van der Waals surface area contributed by atoms with Crippen LogP contribution in [0.4, 0.5) is 17.3 Å². The number of hydrogen-bond acceptors (Lipinski definition) is 5. The molecule has 0 bridgehead atoms. The van der Waals surface area contributed by atoms with Crippen LogP contribution in [-0.4, -0.2) is 23.0 Å². The molecule has 144 valence electrons. The van der Waals surface area contributed by atoms with Crippen LogP contribution in [0.5, 0.6) is 5.75 Å². The Balaban J connectivity index is 1.84. The highest BCUT2D eigenvalue weighted by Crippen LogP contribution is 2.32. The molecular formula is C21H21ClN4O2. The Morgan fingerprint density at radius 2 is 1.86 bits per heavy atom. The van der Waals surface area contributed by atoms with Gasteiger partial charge in [0.15, 0.2) is 0 Å². The third-order valence-corrected chi connectivity index (χ3v) is 4.88. The Morgan fingerprint density at radius 1 is 1.07 bits per heavy atom. The zero-order valence-corrected chi connectivity index (χ0v) is 16.9. The molecule has 0 aliphatic rings. The highest BCUT2D eigenvalue weighted by atomic mass is 35.5. The molecule has 0 atom stereocenters. The van der Waals surface area contributed by atoms with E-state index in [0.717, 1.165) is 22.4 Å². The predicted molar refractivity (Wildman–Crippen MR) is 112 cm³/mol. The van der Waals surface area contributed by atoms with E-state index in [-0.39, 0.29) is 17.5 Å². The monoisotopic (exact) mass is 396 g/mol. The smallest absolute Gasteiger partial charge is 0.274 e. The largest absolute Gasteiger partial charge is 0.495 e. The normalized spacial score (nSPS) is 10.5. The van der Waals surface area contributed by atoms with E-state index in [0.29, 0.717) is 16.5 Å². The fourth-order valence-electron chi connectivity index (χ4n) is 2.67. The molecule has 0 aliphatic carbocycles. The van der Waals surface area contributed by atoms with Crippen molar-refractivity contribution >= 4 is 34.8 Å². The molecular weight excluding hydrogens is 376 g/mol. The summed E-state index contributed by atoms with van der Waals surface area (Å²) in [4.78, 5) is 21.1. The van der Waals surface area contributed by atoms with Crippen molar-refractivity contribution < 1.29 is 9.53 Å². The van der Waals surface area contributed by atoms with Crippen LogP contribution in [0.15, 0.2) is 42.6 Å². The van der Waals surface area contributed by atoms with Gasteiger partial charge in [-0.05, 0) is 55.7 Å². The molecule has 28 heavy (non-hydrogen) atoms. The lowest BCUT2D eigenvalue weighted by Crippen LogP contribution is -2.15. The van der Waals surface area contributed by atoms with Crippen molar-refractivity contribution in [2.45, 2.75) is 20.8 Å². The molecule has 0 spiro atoms. The van der Waals surface area contributed by atoms with Crippen molar-refractivity contribution in [3.8, 4) is 5.75 Å². The maximum absolute atomic E-state index is 12.6. The molecule has 0 saturated carbocycles. The summed E-state index contributed by atoms with van der Waals surface area (Å²) in [6.07, 6.45) is 1.53. The van der Waals surface area contributed by atoms with Crippen LogP contribution in [0.2, 0.25) is 5.02 Å². The Labute approximate surface area is 168 Å². The minimum absolute atomic E-state index is 0.253. The Morgan fingerprint density at radius 3 is 2.61 bits per heavy atom. The van der Waals surface area contributed by atoms with Crippen LogP contribution in [0, 0.1) is 20.8 Å². The topological polar surface area (TPSA) is 76.1 Å². The molecule has 7 heteroatoms. The average molecular weight is 397 g/mol. The molecule has 2 N–H and O–H groups in total. The molecule has 1 amide bonds. The van der Waals surface area contributed by atoms with E-state index >= 15 is 0 Å². The number of carbonyl (C=O) groups excluding carboxylic acids is 1. The van der Waals surface area contributed by atoms with Gasteiger partial charge in [0, 0.05) is 23.0 Å². The first kappa shape index (κ1) is 19.6. The first-order valence-electron chi connectivity index (χ1n) is 8.71. The van der Waals surface area contributed by atoms with E-state index in [4.69, 9.17) is 16.3 Å². The second-order valence-electron chi connectivity index (χ2n) is 6.39. The number of aromatic nitrogens is 2. The van der Waals surface area contributed by atoms with Gasteiger partial charge in [-0.1, -0.05) is 23.7 Å². The van der Waals surface area contributed by atoms with Crippen LogP contribution >= 0.6 is 11.6 Å². The van der Waals surface area contributed by atoms with Crippen LogP contribution in [0.3, 0.4) is 0 Å². The number of ether oxygens (including phenoxy) is 1. The molecule has 0 aliphatic heterocycles. The molecule has 1 heterocycles. The number of nitrogens with zero attached hydrogens (tertiary/aromatic N) is 2. The van der Waals surface area contributed by atoms with Crippen LogP contribution in [0.1, 0.15) is 27.2 Å². The molecule has 3 rings (SSSR count). The summed E-state index contributed by atoms with van der Waals surface area (Å²) in [5, 5.41) is 6.59. The van der Waals surface area contributed by atoms with Crippen molar-refractivity contribution in [3.63, 3.8) is 0 Å².